The van der Waals surface area contributed by atoms with Crippen LogP contribution in [0, 0.1) is 24.2 Å². The number of hydrogen-bond donors (Lipinski definition) is 1. The van der Waals surface area contributed by atoms with Crippen LogP contribution in [0.15, 0.2) is 28.7 Å². The summed E-state index contributed by atoms with van der Waals surface area (Å²) in [7, 11) is -3.07. The summed E-state index contributed by atoms with van der Waals surface area (Å²) in [6.07, 6.45) is -0.992. The fraction of sp³-hybridized carbons (Fsp3) is 0.522. The van der Waals surface area contributed by atoms with Crippen LogP contribution < -0.4 is 10.2 Å². The van der Waals surface area contributed by atoms with Crippen molar-refractivity contribution in [3.05, 3.63) is 35.9 Å². The standard InChI is InChI=1S/C23H26F2N4O4S/c1-15-28-20(17-4-2-3-5-19(17)29-10-12-34(31,32)13-11-29)21(33-15)16-6-7-23(24,25)14-18(16)22(30)27-9-8-26/h2-5,16,18H,6-7,9-14H2,1H3,(H,27,30)/t16-,18-/m1/s1. The zero-order valence-corrected chi connectivity index (χ0v) is 19.6. The number of nitrogens with zero attached hydrogens (tertiary/aromatic N) is 3. The van der Waals surface area contributed by atoms with E-state index in [0.29, 0.717) is 36.0 Å². The highest BCUT2D eigenvalue weighted by Crippen LogP contribution is 2.48. The molecule has 0 spiro atoms. The van der Waals surface area contributed by atoms with Gasteiger partial charge in [-0.2, -0.15) is 5.26 Å². The molecule has 2 atom stereocenters. The Morgan fingerprint density at radius 2 is 2.03 bits per heavy atom. The molecule has 0 radical (unpaired) electrons. The minimum Gasteiger partial charge on any atom is -0.445 e. The van der Waals surface area contributed by atoms with Gasteiger partial charge in [0.2, 0.25) is 11.8 Å². The number of anilines is 1. The third kappa shape index (κ3) is 5.06. The molecule has 2 aromatic rings. The Hall–Kier alpha value is -3.00. The number of hydrogen-bond acceptors (Lipinski definition) is 7. The van der Waals surface area contributed by atoms with Gasteiger partial charge in [-0.15, -0.1) is 0 Å². The number of alkyl halides is 2. The lowest BCUT2D eigenvalue weighted by Crippen LogP contribution is -2.41. The van der Waals surface area contributed by atoms with Crippen molar-refractivity contribution in [2.45, 2.75) is 38.0 Å². The van der Waals surface area contributed by atoms with E-state index < -0.39 is 39.9 Å². The first-order valence-corrected chi connectivity index (χ1v) is 13.0. The molecule has 182 valence electrons. The normalized spacial score (nSPS) is 23.8. The van der Waals surface area contributed by atoms with E-state index in [4.69, 9.17) is 9.68 Å². The first-order chi connectivity index (χ1) is 16.1. The molecule has 1 aliphatic heterocycles. The SMILES string of the molecule is Cc1nc(-c2ccccc2N2CCS(=O)(=O)CC2)c([C@@H]2CCC(F)(F)C[C@H]2C(=O)NCC#N)o1. The van der Waals surface area contributed by atoms with Crippen LogP contribution in [0.4, 0.5) is 14.5 Å². The molecule has 0 bridgehead atoms. The number of sulfone groups is 1. The number of aryl methyl sites for hydroxylation is 1. The van der Waals surface area contributed by atoms with Crippen molar-refractivity contribution in [3.8, 4) is 17.3 Å². The van der Waals surface area contributed by atoms with Crippen LogP contribution in [0.25, 0.3) is 11.3 Å². The van der Waals surface area contributed by atoms with E-state index in [1.54, 1.807) is 13.0 Å². The monoisotopic (exact) mass is 492 g/mol. The van der Waals surface area contributed by atoms with Crippen molar-refractivity contribution in [1.29, 1.82) is 5.26 Å². The van der Waals surface area contributed by atoms with Gasteiger partial charge < -0.3 is 14.6 Å². The molecule has 1 saturated carbocycles. The number of aromatic nitrogens is 1. The van der Waals surface area contributed by atoms with Crippen molar-refractivity contribution >= 4 is 21.4 Å². The number of nitriles is 1. The number of halogens is 2. The molecule has 2 heterocycles. The maximum atomic E-state index is 14.3. The topological polar surface area (TPSA) is 116 Å². The highest BCUT2D eigenvalue weighted by molar-refractivity contribution is 7.91. The van der Waals surface area contributed by atoms with Crippen molar-refractivity contribution < 1.29 is 26.4 Å². The van der Waals surface area contributed by atoms with Gasteiger partial charge in [0.1, 0.15) is 18.0 Å². The molecule has 11 heteroatoms. The Morgan fingerprint density at radius 1 is 1.32 bits per heavy atom. The lowest BCUT2D eigenvalue weighted by atomic mass is 9.74. The minimum atomic E-state index is -3.07. The second-order valence-corrected chi connectivity index (χ2v) is 11.1. The number of nitrogens with one attached hydrogen (secondary N) is 1. The number of benzene rings is 1. The van der Waals surface area contributed by atoms with Gasteiger partial charge in [0, 0.05) is 50.0 Å². The number of amides is 1. The summed E-state index contributed by atoms with van der Waals surface area (Å²) in [6.45, 7) is 2.06. The average Bonchev–Trinajstić information content (AvgIpc) is 3.18. The Bertz CT molecular complexity index is 1210. The lowest BCUT2D eigenvalue weighted by molar-refractivity contribution is -0.133. The summed E-state index contributed by atoms with van der Waals surface area (Å²) >= 11 is 0. The summed E-state index contributed by atoms with van der Waals surface area (Å²) in [5, 5.41) is 11.2. The number of carbonyl (C=O) groups excluding carboxylic acids is 1. The van der Waals surface area contributed by atoms with Gasteiger partial charge in [0.05, 0.1) is 23.5 Å². The van der Waals surface area contributed by atoms with Gasteiger partial charge >= 0.3 is 0 Å². The van der Waals surface area contributed by atoms with Crippen LogP contribution in [0.3, 0.4) is 0 Å². The molecule has 1 N–H and O–H groups in total. The molecule has 1 aliphatic carbocycles. The van der Waals surface area contributed by atoms with E-state index >= 15 is 0 Å². The first-order valence-electron chi connectivity index (χ1n) is 11.1. The Morgan fingerprint density at radius 3 is 2.74 bits per heavy atom. The third-order valence-corrected chi connectivity index (χ3v) is 8.05. The van der Waals surface area contributed by atoms with Crippen LogP contribution in [0.2, 0.25) is 0 Å². The number of rotatable bonds is 5. The van der Waals surface area contributed by atoms with E-state index in [1.165, 1.54) is 0 Å². The van der Waals surface area contributed by atoms with Gasteiger partial charge in [-0.25, -0.2) is 22.2 Å². The molecule has 2 aliphatic rings. The summed E-state index contributed by atoms with van der Waals surface area (Å²) in [5.41, 5.74) is 1.94. The smallest absolute Gasteiger partial charge is 0.249 e. The van der Waals surface area contributed by atoms with Crippen molar-refractivity contribution in [3.63, 3.8) is 0 Å². The van der Waals surface area contributed by atoms with E-state index in [0.717, 1.165) is 5.69 Å². The summed E-state index contributed by atoms with van der Waals surface area (Å²) in [6, 6.07) is 9.16. The predicted molar refractivity (Wildman–Crippen MR) is 121 cm³/mol. The Balaban J connectivity index is 1.73. The summed E-state index contributed by atoms with van der Waals surface area (Å²) in [4.78, 5) is 19.3. The van der Waals surface area contributed by atoms with Gasteiger partial charge in [0.15, 0.2) is 15.7 Å². The number of carbonyl (C=O) groups is 1. The highest BCUT2D eigenvalue weighted by atomic mass is 32.2. The molecule has 8 nitrogen and oxygen atoms in total. The first kappa shape index (κ1) is 24.1. The van der Waals surface area contributed by atoms with Crippen LogP contribution in [0.5, 0.6) is 0 Å². The molecule has 2 fully saturated rings. The van der Waals surface area contributed by atoms with E-state index in [2.05, 4.69) is 10.3 Å². The molecule has 0 unspecified atom stereocenters. The maximum absolute atomic E-state index is 14.3. The van der Waals surface area contributed by atoms with E-state index in [9.17, 15) is 22.0 Å². The maximum Gasteiger partial charge on any atom is 0.249 e. The second-order valence-electron chi connectivity index (χ2n) is 8.79. The van der Waals surface area contributed by atoms with Gasteiger partial charge in [-0.3, -0.25) is 4.79 Å². The van der Waals surface area contributed by atoms with Gasteiger partial charge in [-0.05, 0) is 12.5 Å². The fourth-order valence-electron chi connectivity index (χ4n) is 4.77. The number of para-hydroxylation sites is 1. The van der Waals surface area contributed by atoms with Gasteiger partial charge in [0.25, 0.3) is 0 Å². The molecule has 1 aromatic heterocycles. The van der Waals surface area contributed by atoms with E-state index in [-0.39, 0.29) is 30.9 Å². The third-order valence-electron chi connectivity index (χ3n) is 6.45. The van der Waals surface area contributed by atoms with Crippen LogP contribution in [0.1, 0.15) is 36.8 Å². The van der Waals surface area contributed by atoms with Crippen molar-refractivity contribution in [2.24, 2.45) is 5.92 Å². The van der Waals surface area contributed by atoms with Crippen molar-refractivity contribution in [2.75, 3.05) is 36.0 Å². The van der Waals surface area contributed by atoms with E-state index in [1.807, 2.05) is 29.2 Å². The molecule has 1 aromatic carbocycles. The quantitative estimate of drug-likeness (QED) is 0.638. The summed E-state index contributed by atoms with van der Waals surface area (Å²) < 4.78 is 58.3. The Kier molecular flexibility index (Phi) is 6.62. The molecular weight excluding hydrogens is 466 g/mol. The minimum absolute atomic E-state index is 0.0311. The second kappa shape index (κ2) is 9.33. The molecule has 1 amide bonds. The van der Waals surface area contributed by atoms with Crippen molar-refractivity contribution in [1.82, 2.24) is 10.3 Å². The summed E-state index contributed by atoms with van der Waals surface area (Å²) in [5.74, 6) is -4.51. The molecule has 34 heavy (non-hydrogen) atoms. The fourth-order valence-corrected chi connectivity index (χ4v) is 5.97. The highest BCUT2D eigenvalue weighted by Gasteiger charge is 2.47. The Labute approximate surface area is 196 Å². The molecular formula is C23H26F2N4O4S. The van der Waals surface area contributed by atoms with Gasteiger partial charge in [-0.1, -0.05) is 18.2 Å². The largest absolute Gasteiger partial charge is 0.445 e. The van der Waals surface area contributed by atoms with Crippen LogP contribution in [-0.2, 0) is 14.6 Å². The average molecular weight is 493 g/mol. The lowest BCUT2D eigenvalue weighted by Gasteiger charge is -2.34. The molecule has 4 rings (SSSR count). The van der Waals surface area contributed by atoms with Crippen LogP contribution in [-0.4, -0.2) is 56.4 Å². The zero-order valence-electron chi connectivity index (χ0n) is 18.8. The molecule has 1 saturated heterocycles. The predicted octanol–water partition coefficient (Wildman–Crippen LogP) is 3.04. The zero-order chi connectivity index (χ0) is 24.5. The van der Waals surface area contributed by atoms with Crippen LogP contribution >= 0.6 is 0 Å². The number of oxazole rings is 1.